The van der Waals surface area contributed by atoms with Crippen LogP contribution in [0.3, 0.4) is 0 Å². The Bertz CT molecular complexity index is 2270. The summed E-state index contributed by atoms with van der Waals surface area (Å²) in [4.78, 5) is 31.4. The van der Waals surface area contributed by atoms with Gasteiger partial charge >= 0.3 is 8.03 Å². The lowest BCUT2D eigenvalue weighted by Gasteiger charge is -2.18. The average Bonchev–Trinajstić information content (AvgIpc) is 3.21. The number of hydrogen-bond donors (Lipinski definition) is 6. The van der Waals surface area contributed by atoms with Crippen LogP contribution >= 0.6 is 39.6 Å². The number of aromatic nitrogens is 1. The Morgan fingerprint density at radius 2 is 1.34 bits per heavy atom. The van der Waals surface area contributed by atoms with Crippen molar-refractivity contribution in [2.45, 2.75) is 59.6 Å². The van der Waals surface area contributed by atoms with Crippen LogP contribution in [0.15, 0.2) is 79.1 Å². The van der Waals surface area contributed by atoms with Crippen molar-refractivity contribution in [2.75, 3.05) is 25.4 Å². The first-order valence-electron chi connectivity index (χ1n) is 18.9. The first-order chi connectivity index (χ1) is 28.4. The fourth-order valence-electron chi connectivity index (χ4n) is 6.29. The molecule has 310 valence electrons. The topological polar surface area (TPSA) is 186 Å². The van der Waals surface area contributed by atoms with Gasteiger partial charge in [0.15, 0.2) is 14.5 Å². The molecule has 59 heavy (non-hydrogen) atoms. The van der Waals surface area contributed by atoms with Crippen molar-refractivity contribution in [2.24, 2.45) is 0 Å². The van der Waals surface area contributed by atoms with Crippen LogP contribution in [0, 0.1) is 25.2 Å². The van der Waals surface area contributed by atoms with E-state index in [2.05, 4.69) is 33.8 Å². The van der Waals surface area contributed by atoms with E-state index >= 15 is 0 Å². The van der Waals surface area contributed by atoms with Crippen LogP contribution < -0.4 is 24.8 Å². The van der Waals surface area contributed by atoms with Crippen LogP contribution in [0.4, 0.5) is 0 Å². The first kappa shape index (κ1) is 45.7. The van der Waals surface area contributed by atoms with E-state index in [0.29, 0.717) is 83.6 Å². The molecule has 1 heterocycles. The molecule has 16 heteroatoms. The molecule has 0 radical (unpaired) electrons. The van der Waals surface area contributed by atoms with Gasteiger partial charge in [-0.25, -0.2) is 0 Å². The molecule has 12 nitrogen and oxygen atoms in total. The fraction of sp³-hybridized carbons (Fsp3) is 0.302. The van der Waals surface area contributed by atoms with Crippen molar-refractivity contribution >= 4 is 39.6 Å². The molecule has 0 saturated carbocycles. The summed E-state index contributed by atoms with van der Waals surface area (Å²) < 4.78 is 29.8. The lowest BCUT2D eigenvalue weighted by molar-refractivity contribution is 0.287. The van der Waals surface area contributed by atoms with Gasteiger partial charge in [-0.1, -0.05) is 59.6 Å². The lowest BCUT2D eigenvalue weighted by Crippen LogP contribution is -2.16. The summed E-state index contributed by atoms with van der Waals surface area (Å²) in [5.74, 6) is 1.37. The van der Waals surface area contributed by atoms with Gasteiger partial charge in [0.1, 0.15) is 48.9 Å². The Kier molecular flexibility index (Phi) is 17.7. The van der Waals surface area contributed by atoms with Crippen LogP contribution in [0.1, 0.15) is 57.3 Å². The molecule has 1 aromatic heterocycles. The summed E-state index contributed by atoms with van der Waals surface area (Å²) >= 11 is 13.3. The number of benzene rings is 4. The Hall–Kier alpha value is -4.37. The highest BCUT2D eigenvalue weighted by atomic mass is 35.5. The molecule has 0 amide bonds. The van der Waals surface area contributed by atoms with Crippen molar-refractivity contribution in [1.29, 1.82) is 5.26 Å². The Balaban J connectivity index is 1.28. The van der Waals surface area contributed by atoms with E-state index in [1.807, 2.05) is 38.1 Å². The minimum Gasteiger partial charge on any atom is -0.507 e. The van der Waals surface area contributed by atoms with Gasteiger partial charge < -0.3 is 39.7 Å². The van der Waals surface area contributed by atoms with Gasteiger partial charge in [0.2, 0.25) is 0 Å². The maximum Gasteiger partial charge on any atom is 0.505 e. The van der Waals surface area contributed by atoms with E-state index in [4.69, 9.17) is 52.1 Å². The van der Waals surface area contributed by atoms with Crippen molar-refractivity contribution in [1.82, 2.24) is 15.6 Å². The summed E-state index contributed by atoms with van der Waals surface area (Å²) in [6, 6.07) is 22.6. The van der Waals surface area contributed by atoms with Crippen molar-refractivity contribution in [3.05, 3.63) is 134 Å². The molecule has 0 aliphatic carbocycles. The van der Waals surface area contributed by atoms with Gasteiger partial charge in [-0.3, -0.25) is 4.98 Å². The summed E-state index contributed by atoms with van der Waals surface area (Å²) in [7, 11) is -4.10. The summed E-state index contributed by atoms with van der Waals surface area (Å²) in [5.41, 5.74) is 8.56. The molecule has 6 N–H and O–H groups in total. The summed E-state index contributed by atoms with van der Waals surface area (Å²) in [6.07, 6.45) is 4.80. The van der Waals surface area contributed by atoms with Gasteiger partial charge in [-0.15, -0.1) is 0 Å². The van der Waals surface area contributed by atoms with E-state index < -0.39 is 16.4 Å². The molecule has 1 atom stereocenters. The number of phenols is 1. The first-order valence-corrected chi connectivity index (χ1v) is 22.5. The molecule has 0 spiro atoms. The normalized spacial score (nSPS) is 11.4. The number of aromatic hydroxyl groups is 1. The number of rotatable bonds is 22. The van der Waals surface area contributed by atoms with Crippen LogP contribution in [0.2, 0.25) is 10.0 Å². The maximum atomic E-state index is 11.1. The molecule has 5 aromatic rings. The van der Waals surface area contributed by atoms with Gasteiger partial charge in [-0.05, 0) is 89.5 Å². The predicted octanol–water partition coefficient (Wildman–Crippen LogP) is 8.98. The highest BCUT2D eigenvalue weighted by Gasteiger charge is 2.17. The molecule has 4 aromatic carbocycles. The van der Waals surface area contributed by atoms with E-state index in [0.717, 1.165) is 44.5 Å². The number of nitrogens with zero attached hydrogens (tertiary/aromatic N) is 2. The van der Waals surface area contributed by atoms with Crippen LogP contribution in [-0.2, 0) is 37.5 Å². The van der Waals surface area contributed by atoms with Crippen LogP contribution in [0.5, 0.6) is 23.0 Å². The van der Waals surface area contributed by atoms with Crippen molar-refractivity contribution in [3.63, 3.8) is 0 Å². The Morgan fingerprint density at radius 1 is 0.763 bits per heavy atom. The van der Waals surface area contributed by atoms with E-state index in [1.54, 1.807) is 30.5 Å². The third kappa shape index (κ3) is 13.6. The van der Waals surface area contributed by atoms with Crippen molar-refractivity contribution < 1.29 is 38.6 Å². The second kappa shape index (κ2) is 22.8. The number of phenolic OH excluding ortho intramolecular Hbond substituents is 1. The molecule has 0 bridgehead atoms. The summed E-state index contributed by atoms with van der Waals surface area (Å²) in [6.45, 7) is 6.58. The standard InChI is InChI=1S/C43H46Cl2N4O8P2/c1-28-32(26-56-42-18-40(50)34(16-38(42)44)23-47-11-5-13-58(51)52)7-3-9-36(28)37-10-4-8-33(29(37)2)27-57-43-19-41(55-25-31-15-30(20-46)21-49-22-31)35(17-39(43)45)24-48-12-6-14-59(53)54/h3-4,7-10,15-19,21-22,47-48,51-52H,5-6,11-14,23-27H2,1-2H3,(H-,50,53,54)/p+1. The van der Waals surface area contributed by atoms with Gasteiger partial charge in [0.05, 0.1) is 15.6 Å². The number of nitrogens with one attached hydrogen (secondary N) is 2. The fourth-order valence-corrected chi connectivity index (χ4v) is 7.64. The van der Waals surface area contributed by atoms with Crippen molar-refractivity contribution in [3.8, 4) is 40.2 Å². The molecular weight excluding hydrogens is 833 g/mol. The highest BCUT2D eigenvalue weighted by Crippen LogP contribution is 2.37. The minimum absolute atomic E-state index is 0.0487. The number of halogens is 2. The summed E-state index contributed by atoms with van der Waals surface area (Å²) in [5, 5.41) is 27.2. The maximum absolute atomic E-state index is 11.1. The molecule has 5 rings (SSSR count). The van der Waals surface area contributed by atoms with Crippen LogP contribution in [-0.4, -0.2) is 50.2 Å². The number of hydrogen-bond acceptors (Lipinski definition) is 11. The third-order valence-electron chi connectivity index (χ3n) is 9.56. The minimum atomic E-state index is -2.19. The Morgan fingerprint density at radius 3 is 1.95 bits per heavy atom. The van der Waals surface area contributed by atoms with E-state index in [1.165, 1.54) is 12.3 Å². The smallest absolute Gasteiger partial charge is 0.505 e. The molecule has 0 aliphatic heterocycles. The molecule has 0 saturated heterocycles. The predicted molar refractivity (Wildman–Crippen MR) is 231 cm³/mol. The lowest BCUT2D eigenvalue weighted by atomic mass is 9.92. The molecule has 1 unspecified atom stereocenters. The highest BCUT2D eigenvalue weighted by molar-refractivity contribution is 7.45. The number of pyridine rings is 1. The van der Waals surface area contributed by atoms with Crippen LogP contribution in [0.25, 0.3) is 11.1 Å². The largest absolute Gasteiger partial charge is 0.507 e. The third-order valence-corrected chi connectivity index (χ3v) is 11.6. The van der Waals surface area contributed by atoms with Gasteiger partial charge in [0, 0.05) is 66.9 Å². The van der Waals surface area contributed by atoms with E-state index in [9.17, 15) is 14.9 Å². The number of ether oxygens (including phenoxy) is 3. The van der Waals surface area contributed by atoms with E-state index in [-0.39, 0.29) is 31.7 Å². The quantitative estimate of drug-likeness (QED) is 0.0287. The average molecular weight is 881 g/mol. The molecular formula is C43H47Cl2N4O8P2+. The second-order valence-electron chi connectivity index (χ2n) is 13.8. The zero-order chi connectivity index (χ0) is 42.3. The molecule has 0 fully saturated rings. The Labute approximate surface area is 356 Å². The zero-order valence-corrected chi connectivity index (χ0v) is 36.1. The number of nitriles is 1. The second-order valence-corrected chi connectivity index (χ2v) is 16.9. The SMILES string of the molecule is Cc1c(COc2cc(O)c(CNCCCP(O)O)cc2Cl)cccc1-c1cccc(COc2cc(OCc3cncc(C#N)c3)c(CNCCC[P+](=O)O)cc2Cl)c1C. The zero-order valence-electron chi connectivity index (χ0n) is 32.8. The van der Waals surface area contributed by atoms with Gasteiger partial charge in [0.25, 0.3) is 0 Å². The monoisotopic (exact) mass is 879 g/mol. The molecule has 0 aliphatic rings. The van der Waals surface area contributed by atoms with Gasteiger partial charge in [-0.2, -0.15) is 10.2 Å².